The third-order valence-electron chi connectivity index (χ3n) is 3.14. The number of benzene rings is 2. The van der Waals surface area contributed by atoms with Gasteiger partial charge in [-0.25, -0.2) is 0 Å². The molecule has 0 aromatic heterocycles. The topological polar surface area (TPSA) is 18.5 Å². The molecule has 5 heteroatoms. The molecular formula is C14H10Br2GeO2. The van der Waals surface area contributed by atoms with Crippen molar-refractivity contribution in [1.82, 2.24) is 0 Å². The van der Waals surface area contributed by atoms with Crippen LogP contribution < -0.4 is 18.3 Å². The molecule has 0 atom stereocenters. The molecule has 0 bridgehead atoms. The first-order valence-corrected chi connectivity index (χ1v) is 9.35. The molecule has 0 fully saturated rings. The maximum atomic E-state index is 5.39. The summed E-state index contributed by atoms with van der Waals surface area (Å²) in [5.41, 5.74) is 2.56. The van der Waals surface area contributed by atoms with E-state index >= 15 is 0 Å². The van der Waals surface area contributed by atoms with Gasteiger partial charge in [0.25, 0.3) is 0 Å². The molecule has 1 aliphatic heterocycles. The van der Waals surface area contributed by atoms with Gasteiger partial charge in [-0.3, -0.25) is 0 Å². The Morgan fingerprint density at radius 3 is 1.58 bits per heavy atom. The summed E-state index contributed by atoms with van der Waals surface area (Å²) in [7, 11) is 3.39. The van der Waals surface area contributed by atoms with Crippen LogP contribution >= 0.6 is 31.9 Å². The average molecular weight is 443 g/mol. The Kier molecular flexibility index (Phi) is 3.66. The van der Waals surface area contributed by atoms with Crippen LogP contribution in [-0.4, -0.2) is 29.7 Å². The number of fused-ring (bicyclic) bond motifs is 3. The van der Waals surface area contributed by atoms with Crippen molar-refractivity contribution in [3.8, 4) is 22.6 Å². The molecule has 0 spiro atoms. The maximum absolute atomic E-state index is 5.39. The van der Waals surface area contributed by atoms with Gasteiger partial charge in [-0.05, 0) is 0 Å². The van der Waals surface area contributed by atoms with Gasteiger partial charge in [0.05, 0.1) is 0 Å². The number of hydrogen-bond donors (Lipinski definition) is 0. The summed E-state index contributed by atoms with van der Waals surface area (Å²) in [5, 5.41) is 0. The summed E-state index contributed by atoms with van der Waals surface area (Å²) in [6, 6.07) is 8.60. The van der Waals surface area contributed by atoms with Gasteiger partial charge in [0, 0.05) is 0 Å². The molecule has 0 unspecified atom stereocenters. The Morgan fingerprint density at radius 1 is 0.789 bits per heavy atom. The summed E-state index contributed by atoms with van der Waals surface area (Å²) in [4.78, 5) is 0. The van der Waals surface area contributed by atoms with Gasteiger partial charge in [0.15, 0.2) is 0 Å². The first-order chi connectivity index (χ1) is 9.13. The Balaban J connectivity index is 2.21. The van der Waals surface area contributed by atoms with Crippen molar-refractivity contribution < 1.29 is 9.47 Å². The summed E-state index contributed by atoms with van der Waals surface area (Å²) in [5.74, 6) is 1.75. The molecule has 2 aromatic rings. The predicted octanol–water partition coefficient (Wildman–Crippen LogP) is 2.86. The summed E-state index contributed by atoms with van der Waals surface area (Å²) in [6.45, 7) is 0. The first kappa shape index (κ1) is 13.5. The van der Waals surface area contributed by atoms with Crippen LogP contribution in [0.2, 0.25) is 0 Å². The third-order valence-corrected chi connectivity index (χ3v) is 7.25. The number of rotatable bonds is 2. The molecule has 1 aliphatic rings. The van der Waals surface area contributed by atoms with E-state index < -0.39 is 0 Å². The zero-order chi connectivity index (χ0) is 13.6. The van der Waals surface area contributed by atoms with Crippen LogP contribution in [0.3, 0.4) is 0 Å². The SMILES string of the molecule is COc1cc2[c](cc1Br)[Ge][c]1cc(Br)c(OC)cc1-2. The van der Waals surface area contributed by atoms with Gasteiger partial charge in [-0.1, -0.05) is 0 Å². The van der Waals surface area contributed by atoms with Crippen molar-refractivity contribution in [2.45, 2.75) is 0 Å². The van der Waals surface area contributed by atoms with Crippen molar-refractivity contribution >= 4 is 56.1 Å². The van der Waals surface area contributed by atoms with Crippen molar-refractivity contribution in [1.29, 1.82) is 0 Å². The van der Waals surface area contributed by atoms with E-state index in [0.717, 1.165) is 20.4 Å². The molecule has 1 heterocycles. The Labute approximate surface area is 135 Å². The van der Waals surface area contributed by atoms with Gasteiger partial charge < -0.3 is 0 Å². The van der Waals surface area contributed by atoms with Crippen LogP contribution in [0.25, 0.3) is 11.1 Å². The first-order valence-electron chi connectivity index (χ1n) is 5.66. The van der Waals surface area contributed by atoms with Crippen LogP contribution in [0.15, 0.2) is 33.2 Å². The quantitative estimate of drug-likeness (QED) is 0.568. The fourth-order valence-electron chi connectivity index (χ4n) is 2.22. The van der Waals surface area contributed by atoms with E-state index in [2.05, 4.69) is 56.1 Å². The Hall–Kier alpha value is -0.457. The van der Waals surface area contributed by atoms with Crippen molar-refractivity contribution in [2.24, 2.45) is 0 Å². The van der Waals surface area contributed by atoms with Gasteiger partial charge in [-0.15, -0.1) is 0 Å². The zero-order valence-corrected chi connectivity index (χ0v) is 15.7. The zero-order valence-electron chi connectivity index (χ0n) is 10.4. The van der Waals surface area contributed by atoms with E-state index in [9.17, 15) is 0 Å². The molecule has 0 N–H and O–H groups in total. The normalized spacial score (nSPS) is 12.0. The van der Waals surface area contributed by atoms with Crippen LogP contribution in [0.1, 0.15) is 0 Å². The van der Waals surface area contributed by atoms with Gasteiger partial charge in [-0.2, -0.15) is 0 Å². The molecule has 19 heavy (non-hydrogen) atoms. The number of ether oxygens (including phenoxy) is 2. The minimum absolute atomic E-state index is 0.285. The van der Waals surface area contributed by atoms with Crippen LogP contribution in [0.5, 0.6) is 11.5 Å². The fraction of sp³-hybridized carbons (Fsp3) is 0.143. The van der Waals surface area contributed by atoms with E-state index in [-0.39, 0.29) is 15.4 Å². The standard InChI is InChI=1S/C14H10Br2GeO2/c1-18-13-3-7-8-4-14(19-2)10(16)6-12(8)17-11(7)5-9(13)15/h3-6H,1-2H3. The summed E-state index contributed by atoms with van der Waals surface area (Å²) < 4.78 is 15.7. The fourth-order valence-corrected chi connectivity index (χ4v) is 7.06. The van der Waals surface area contributed by atoms with E-state index in [1.165, 1.54) is 19.9 Å². The molecule has 96 valence electrons. The van der Waals surface area contributed by atoms with Crippen molar-refractivity contribution in [2.75, 3.05) is 14.2 Å². The van der Waals surface area contributed by atoms with Crippen LogP contribution in [0.4, 0.5) is 0 Å². The Bertz CT molecular complexity index is 613. The van der Waals surface area contributed by atoms with E-state index in [0.29, 0.717) is 0 Å². The Morgan fingerprint density at radius 2 is 1.21 bits per heavy atom. The number of halogens is 2. The van der Waals surface area contributed by atoms with Crippen molar-refractivity contribution in [3.05, 3.63) is 33.2 Å². The van der Waals surface area contributed by atoms with E-state index in [1.54, 1.807) is 14.2 Å². The van der Waals surface area contributed by atoms with E-state index in [1.807, 2.05) is 0 Å². The molecule has 3 rings (SSSR count). The summed E-state index contributed by atoms with van der Waals surface area (Å²) >= 11 is 6.83. The molecule has 2 aromatic carbocycles. The third kappa shape index (κ3) is 2.24. The number of hydrogen-bond acceptors (Lipinski definition) is 2. The van der Waals surface area contributed by atoms with Crippen molar-refractivity contribution in [3.63, 3.8) is 0 Å². The second-order valence-corrected chi connectivity index (χ2v) is 8.68. The second-order valence-electron chi connectivity index (χ2n) is 4.19. The minimum atomic E-state index is -0.285. The van der Waals surface area contributed by atoms with Gasteiger partial charge >= 0.3 is 136 Å². The van der Waals surface area contributed by atoms with Crippen LogP contribution in [0, 0.1) is 0 Å². The predicted molar refractivity (Wildman–Crippen MR) is 85.4 cm³/mol. The second kappa shape index (κ2) is 5.15. The van der Waals surface area contributed by atoms with Gasteiger partial charge in [0.1, 0.15) is 0 Å². The van der Waals surface area contributed by atoms with Crippen LogP contribution in [-0.2, 0) is 0 Å². The molecule has 0 saturated carbocycles. The summed E-state index contributed by atoms with van der Waals surface area (Å²) in [6.07, 6.45) is 0. The number of methoxy groups -OCH3 is 2. The molecule has 0 aliphatic carbocycles. The average Bonchev–Trinajstić information content (AvgIpc) is 2.72. The molecular weight excluding hydrogens is 433 g/mol. The molecule has 2 radical (unpaired) electrons. The molecule has 0 amide bonds. The molecule has 0 saturated heterocycles. The monoisotopic (exact) mass is 442 g/mol. The van der Waals surface area contributed by atoms with E-state index in [4.69, 9.17) is 9.47 Å². The van der Waals surface area contributed by atoms with Gasteiger partial charge in [0.2, 0.25) is 0 Å². The molecule has 2 nitrogen and oxygen atoms in total.